The highest BCUT2D eigenvalue weighted by Gasteiger charge is 2.28. The number of amides is 1. The second-order valence-corrected chi connectivity index (χ2v) is 5.35. The molecule has 0 spiro atoms. The van der Waals surface area contributed by atoms with Crippen molar-refractivity contribution in [3.8, 4) is 0 Å². The Morgan fingerprint density at radius 1 is 1.55 bits per heavy atom. The average Bonchev–Trinajstić information content (AvgIpc) is 2.43. The molecule has 1 fully saturated rings. The number of carbonyl (C=O) groups is 1. The van der Waals surface area contributed by atoms with Crippen LogP contribution in [-0.2, 0) is 9.53 Å². The molecule has 1 aliphatic rings. The van der Waals surface area contributed by atoms with E-state index >= 15 is 0 Å². The molecule has 0 saturated carbocycles. The fourth-order valence-corrected chi connectivity index (χ4v) is 2.49. The number of nitrogens with one attached hydrogen (secondary N) is 1. The lowest BCUT2D eigenvalue weighted by molar-refractivity contribution is -0.124. The molecule has 1 aliphatic heterocycles. The summed E-state index contributed by atoms with van der Waals surface area (Å²) in [7, 11) is 0. The molecule has 0 aliphatic carbocycles. The Morgan fingerprint density at radius 3 is 3.00 bits per heavy atom. The van der Waals surface area contributed by atoms with E-state index in [9.17, 15) is 4.79 Å². The van der Waals surface area contributed by atoms with E-state index in [1.54, 1.807) is 0 Å². The lowest BCUT2D eigenvalue weighted by Gasteiger charge is -2.37. The summed E-state index contributed by atoms with van der Waals surface area (Å²) >= 11 is 0. The monoisotopic (exact) mass is 277 g/mol. The summed E-state index contributed by atoms with van der Waals surface area (Å²) < 4.78 is 5.41. The first kappa shape index (κ1) is 14.8. The van der Waals surface area contributed by atoms with E-state index in [4.69, 9.17) is 10.5 Å². The van der Waals surface area contributed by atoms with Gasteiger partial charge < -0.3 is 15.8 Å². The Kier molecular flexibility index (Phi) is 4.62. The fraction of sp³-hybridized carbons (Fsp3) is 0.533. The van der Waals surface area contributed by atoms with Crippen LogP contribution in [-0.4, -0.2) is 42.6 Å². The largest absolute Gasteiger partial charge is 0.398 e. The summed E-state index contributed by atoms with van der Waals surface area (Å²) in [5, 5.41) is 2.97. The quantitative estimate of drug-likeness (QED) is 0.824. The van der Waals surface area contributed by atoms with Crippen LogP contribution < -0.4 is 11.1 Å². The van der Waals surface area contributed by atoms with Crippen molar-refractivity contribution >= 4 is 17.3 Å². The zero-order valence-corrected chi connectivity index (χ0v) is 12.3. The molecule has 5 heteroatoms. The zero-order valence-electron chi connectivity index (χ0n) is 12.3. The molecule has 0 radical (unpaired) electrons. The molecule has 5 nitrogen and oxygen atoms in total. The van der Waals surface area contributed by atoms with E-state index < -0.39 is 0 Å². The molecule has 2 unspecified atom stereocenters. The lowest BCUT2D eigenvalue weighted by Crippen LogP contribution is -2.52. The van der Waals surface area contributed by atoms with Gasteiger partial charge in [-0.25, -0.2) is 0 Å². The Balaban J connectivity index is 2.05. The minimum Gasteiger partial charge on any atom is -0.398 e. The van der Waals surface area contributed by atoms with Crippen molar-refractivity contribution in [3.63, 3.8) is 0 Å². The van der Waals surface area contributed by atoms with Crippen molar-refractivity contribution in [1.82, 2.24) is 4.90 Å². The fourth-order valence-electron chi connectivity index (χ4n) is 2.49. The number of nitrogens with two attached hydrogens (primary N) is 1. The third-order valence-electron chi connectivity index (χ3n) is 3.93. The molecular weight excluding hydrogens is 254 g/mol. The number of hydrogen-bond acceptors (Lipinski definition) is 4. The number of anilines is 2. The van der Waals surface area contributed by atoms with Crippen LogP contribution in [0.15, 0.2) is 18.2 Å². The number of carbonyl (C=O) groups excluding carboxylic acids is 1. The van der Waals surface area contributed by atoms with Crippen LogP contribution in [0.25, 0.3) is 0 Å². The van der Waals surface area contributed by atoms with Gasteiger partial charge in [0.1, 0.15) is 0 Å². The van der Waals surface area contributed by atoms with E-state index in [1.165, 1.54) is 0 Å². The van der Waals surface area contributed by atoms with Gasteiger partial charge in [0.15, 0.2) is 0 Å². The highest BCUT2D eigenvalue weighted by Crippen LogP contribution is 2.21. The summed E-state index contributed by atoms with van der Waals surface area (Å²) in [6.07, 6.45) is 0. The van der Waals surface area contributed by atoms with E-state index in [0.29, 0.717) is 18.9 Å². The first-order valence-corrected chi connectivity index (χ1v) is 7.00. The number of rotatable bonds is 3. The van der Waals surface area contributed by atoms with Crippen molar-refractivity contribution in [3.05, 3.63) is 23.8 Å². The third-order valence-corrected chi connectivity index (χ3v) is 3.93. The van der Waals surface area contributed by atoms with Gasteiger partial charge in [0.05, 0.1) is 19.3 Å². The van der Waals surface area contributed by atoms with Crippen molar-refractivity contribution in [2.45, 2.75) is 32.9 Å². The predicted molar refractivity (Wildman–Crippen MR) is 80.7 cm³/mol. The summed E-state index contributed by atoms with van der Waals surface area (Å²) in [5.74, 6) is -0.00699. The third kappa shape index (κ3) is 3.11. The summed E-state index contributed by atoms with van der Waals surface area (Å²) in [5.41, 5.74) is 8.24. The molecule has 2 atom stereocenters. The predicted octanol–water partition coefficient (Wildman–Crippen LogP) is 1.62. The minimum atomic E-state index is -0.185. The van der Waals surface area contributed by atoms with Gasteiger partial charge in [-0.15, -0.1) is 0 Å². The number of ether oxygens (including phenoxy) is 1. The smallest absolute Gasteiger partial charge is 0.241 e. The number of benzene rings is 1. The Hall–Kier alpha value is -1.59. The van der Waals surface area contributed by atoms with Gasteiger partial charge in [0.2, 0.25) is 5.91 Å². The van der Waals surface area contributed by atoms with Crippen LogP contribution in [0.5, 0.6) is 0 Å². The maximum absolute atomic E-state index is 12.4. The molecular formula is C15H23N3O2. The normalized spacial score (nSPS) is 21.4. The van der Waals surface area contributed by atoms with Crippen LogP contribution in [0.4, 0.5) is 11.4 Å². The van der Waals surface area contributed by atoms with Gasteiger partial charge in [-0.1, -0.05) is 6.07 Å². The van der Waals surface area contributed by atoms with Gasteiger partial charge in [0, 0.05) is 24.0 Å². The van der Waals surface area contributed by atoms with Crippen LogP contribution in [0.1, 0.15) is 19.4 Å². The molecule has 2 rings (SSSR count). The highest BCUT2D eigenvalue weighted by molar-refractivity contribution is 5.95. The molecule has 1 amide bonds. The molecule has 1 saturated heterocycles. The standard InChI is InChI=1S/C15H23N3O2/c1-10-9-20-8-7-18(10)12(3)15(19)17-14-6-4-5-13(16)11(14)2/h4-6,10,12H,7-9,16H2,1-3H3,(H,17,19). The first-order valence-electron chi connectivity index (χ1n) is 7.00. The van der Waals surface area contributed by atoms with Crippen molar-refractivity contribution in [2.24, 2.45) is 0 Å². The number of hydrogen-bond donors (Lipinski definition) is 2. The van der Waals surface area contributed by atoms with E-state index in [-0.39, 0.29) is 18.0 Å². The van der Waals surface area contributed by atoms with Crippen molar-refractivity contribution < 1.29 is 9.53 Å². The number of nitrogen functional groups attached to an aromatic ring is 1. The first-order chi connectivity index (χ1) is 9.50. The Morgan fingerprint density at radius 2 is 2.30 bits per heavy atom. The Labute approximate surface area is 120 Å². The molecule has 110 valence electrons. The van der Waals surface area contributed by atoms with Crippen LogP contribution >= 0.6 is 0 Å². The van der Waals surface area contributed by atoms with Crippen LogP contribution in [0, 0.1) is 6.92 Å². The zero-order chi connectivity index (χ0) is 14.7. The van der Waals surface area contributed by atoms with E-state index in [2.05, 4.69) is 17.1 Å². The minimum absolute atomic E-state index is 0.00699. The molecule has 0 bridgehead atoms. The topological polar surface area (TPSA) is 67.6 Å². The van der Waals surface area contributed by atoms with Gasteiger partial charge >= 0.3 is 0 Å². The molecule has 1 aromatic carbocycles. The van der Waals surface area contributed by atoms with Crippen molar-refractivity contribution in [2.75, 3.05) is 30.8 Å². The number of morpholine rings is 1. The molecule has 3 N–H and O–H groups in total. The second kappa shape index (κ2) is 6.24. The molecule has 1 heterocycles. The second-order valence-electron chi connectivity index (χ2n) is 5.35. The molecule has 20 heavy (non-hydrogen) atoms. The van der Waals surface area contributed by atoms with E-state index in [0.717, 1.165) is 17.8 Å². The van der Waals surface area contributed by atoms with Gasteiger partial charge in [-0.3, -0.25) is 9.69 Å². The van der Waals surface area contributed by atoms with Gasteiger partial charge in [-0.05, 0) is 38.5 Å². The highest BCUT2D eigenvalue weighted by atomic mass is 16.5. The summed E-state index contributed by atoms with van der Waals surface area (Å²) in [6, 6.07) is 5.62. The van der Waals surface area contributed by atoms with Gasteiger partial charge in [-0.2, -0.15) is 0 Å². The molecule has 0 aromatic heterocycles. The maximum atomic E-state index is 12.4. The Bertz CT molecular complexity index is 490. The van der Waals surface area contributed by atoms with Crippen molar-refractivity contribution in [1.29, 1.82) is 0 Å². The van der Waals surface area contributed by atoms with Crippen LogP contribution in [0.2, 0.25) is 0 Å². The summed E-state index contributed by atoms with van der Waals surface area (Å²) in [4.78, 5) is 14.6. The average molecular weight is 277 g/mol. The van der Waals surface area contributed by atoms with E-state index in [1.807, 2.05) is 32.0 Å². The maximum Gasteiger partial charge on any atom is 0.241 e. The molecule has 1 aromatic rings. The van der Waals surface area contributed by atoms with Crippen LogP contribution in [0.3, 0.4) is 0 Å². The van der Waals surface area contributed by atoms with Gasteiger partial charge in [0.25, 0.3) is 0 Å². The number of nitrogens with zero attached hydrogens (tertiary/aromatic N) is 1. The lowest BCUT2D eigenvalue weighted by atomic mass is 10.1. The summed E-state index contributed by atoms with van der Waals surface area (Å²) in [6.45, 7) is 8.06. The SMILES string of the molecule is Cc1c(N)cccc1NC(=O)C(C)N1CCOCC1C.